The van der Waals surface area contributed by atoms with Crippen molar-refractivity contribution in [2.24, 2.45) is 0 Å². The number of hydrogen-bond donors (Lipinski definition) is 1. The topological polar surface area (TPSA) is 51.0 Å². The van der Waals surface area contributed by atoms with Crippen molar-refractivity contribution in [3.05, 3.63) is 11.7 Å². The van der Waals surface area contributed by atoms with Gasteiger partial charge in [0.25, 0.3) is 0 Å². The highest BCUT2D eigenvalue weighted by atomic mass is 16.5. The third-order valence-electron chi connectivity index (χ3n) is 4.42. The SMILES string of the molecule is CCCC(Cc1nc(C2CCCCCCC2)no1)NC. The molecule has 4 heteroatoms. The molecule has 1 unspecified atom stereocenters. The zero-order valence-corrected chi connectivity index (χ0v) is 13.0. The Morgan fingerprint density at radius 3 is 2.55 bits per heavy atom. The second-order valence-electron chi connectivity index (χ2n) is 6.07. The number of aromatic nitrogens is 2. The van der Waals surface area contributed by atoms with E-state index in [1.807, 2.05) is 7.05 Å². The summed E-state index contributed by atoms with van der Waals surface area (Å²) in [5.41, 5.74) is 0. The zero-order valence-electron chi connectivity index (χ0n) is 13.0. The van der Waals surface area contributed by atoms with Crippen molar-refractivity contribution in [2.45, 2.75) is 83.1 Å². The van der Waals surface area contributed by atoms with Crippen LogP contribution in [0.4, 0.5) is 0 Å². The van der Waals surface area contributed by atoms with Crippen LogP contribution in [-0.4, -0.2) is 23.2 Å². The molecule has 0 saturated heterocycles. The van der Waals surface area contributed by atoms with Gasteiger partial charge in [-0.15, -0.1) is 0 Å². The maximum absolute atomic E-state index is 5.47. The van der Waals surface area contributed by atoms with Crippen LogP contribution in [0.2, 0.25) is 0 Å². The van der Waals surface area contributed by atoms with Crippen LogP contribution in [0, 0.1) is 0 Å². The first-order valence-electron chi connectivity index (χ1n) is 8.33. The third kappa shape index (κ3) is 4.58. The van der Waals surface area contributed by atoms with Crippen molar-refractivity contribution in [3.8, 4) is 0 Å². The molecule has 4 nitrogen and oxygen atoms in total. The third-order valence-corrected chi connectivity index (χ3v) is 4.42. The Kier molecular flexibility index (Phi) is 6.51. The Bertz CT molecular complexity index is 370. The molecule has 20 heavy (non-hydrogen) atoms. The van der Waals surface area contributed by atoms with E-state index in [0.29, 0.717) is 12.0 Å². The average Bonchev–Trinajstić information content (AvgIpc) is 2.86. The first-order chi connectivity index (χ1) is 9.83. The number of nitrogens with zero attached hydrogens (tertiary/aromatic N) is 2. The molecule has 0 spiro atoms. The monoisotopic (exact) mass is 279 g/mol. The molecule has 0 aliphatic heterocycles. The van der Waals surface area contributed by atoms with Crippen molar-refractivity contribution in [3.63, 3.8) is 0 Å². The van der Waals surface area contributed by atoms with Crippen molar-refractivity contribution in [1.82, 2.24) is 15.5 Å². The van der Waals surface area contributed by atoms with Crippen molar-refractivity contribution >= 4 is 0 Å². The van der Waals surface area contributed by atoms with Gasteiger partial charge in [-0.3, -0.25) is 0 Å². The Morgan fingerprint density at radius 1 is 1.20 bits per heavy atom. The molecular formula is C16H29N3O. The summed E-state index contributed by atoms with van der Waals surface area (Å²) in [6.07, 6.45) is 12.4. The Labute approximate surface area is 122 Å². The predicted octanol–water partition coefficient (Wildman–Crippen LogP) is 3.83. The summed E-state index contributed by atoms with van der Waals surface area (Å²) in [7, 11) is 2.01. The van der Waals surface area contributed by atoms with Crippen LogP contribution in [0.1, 0.15) is 82.3 Å². The summed E-state index contributed by atoms with van der Waals surface area (Å²) in [6, 6.07) is 0.450. The van der Waals surface area contributed by atoms with E-state index in [1.165, 1.54) is 51.4 Å². The van der Waals surface area contributed by atoms with Gasteiger partial charge in [-0.05, 0) is 26.3 Å². The molecule has 1 fully saturated rings. The summed E-state index contributed by atoms with van der Waals surface area (Å²) in [5.74, 6) is 2.27. The summed E-state index contributed by atoms with van der Waals surface area (Å²) < 4.78 is 5.47. The van der Waals surface area contributed by atoms with Gasteiger partial charge in [0, 0.05) is 18.4 Å². The first kappa shape index (κ1) is 15.5. The molecule has 1 heterocycles. The molecule has 1 N–H and O–H groups in total. The van der Waals surface area contributed by atoms with Gasteiger partial charge < -0.3 is 9.84 Å². The van der Waals surface area contributed by atoms with E-state index in [9.17, 15) is 0 Å². The average molecular weight is 279 g/mol. The van der Waals surface area contributed by atoms with Gasteiger partial charge in [0.05, 0.1) is 0 Å². The molecule has 1 aliphatic rings. The van der Waals surface area contributed by atoms with Crippen molar-refractivity contribution in [1.29, 1.82) is 0 Å². The number of hydrogen-bond acceptors (Lipinski definition) is 4. The highest BCUT2D eigenvalue weighted by Crippen LogP contribution is 2.29. The van der Waals surface area contributed by atoms with Gasteiger partial charge in [0.1, 0.15) is 0 Å². The highest BCUT2D eigenvalue weighted by Gasteiger charge is 2.20. The van der Waals surface area contributed by atoms with Gasteiger partial charge in [0.15, 0.2) is 5.82 Å². The lowest BCUT2D eigenvalue weighted by Gasteiger charge is -2.16. The molecule has 1 aromatic rings. The van der Waals surface area contributed by atoms with E-state index >= 15 is 0 Å². The van der Waals surface area contributed by atoms with E-state index in [0.717, 1.165) is 24.6 Å². The van der Waals surface area contributed by atoms with E-state index in [-0.39, 0.29) is 0 Å². The molecular weight excluding hydrogens is 250 g/mol. The number of rotatable bonds is 6. The second-order valence-corrected chi connectivity index (χ2v) is 6.07. The van der Waals surface area contributed by atoms with E-state index in [1.54, 1.807) is 0 Å². The van der Waals surface area contributed by atoms with Crippen LogP contribution in [-0.2, 0) is 6.42 Å². The lowest BCUT2D eigenvalue weighted by atomic mass is 9.91. The predicted molar refractivity (Wildman–Crippen MR) is 80.8 cm³/mol. The standard InChI is InChI=1S/C16H29N3O/c1-3-9-14(17-2)12-15-18-16(19-20-15)13-10-7-5-4-6-8-11-13/h13-14,17H,3-12H2,1-2H3. The largest absolute Gasteiger partial charge is 0.339 e. The maximum atomic E-state index is 5.47. The van der Waals surface area contributed by atoms with Crippen molar-refractivity contribution < 1.29 is 4.52 Å². The van der Waals surface area contributed by atoms with Crippen LogP contribution >= 0.6 is 0 Å². The highest BCUT2D eigenvalue weighted by molar-refractivity contribution is 4.97. The van der Waals surface area contributed by atoms with Gasteiger partial charge >= 0.3 is 0 Å². The number of nitrogens with one attached hydrogen (secondary N) is 1. The Morgan fingerprint density at radius 2 is 1.90 bits per heavy atom. The summed E-state index contributed by atoms with van der Waals surface area (Å²) in [5, 5.41) is 7.58. The van der Waals surface area contributed by atoms with Crippen molar-refractivity contribution in [2.75, 3.05) is 7.05 Å². The van der Waals surface area contributed by atoms with Crippen LogP contribution < -0.4 is 5.32 Å². The fourth-order valence-corrected chi connectivity index (χ4v) is 3.14. The Balaban J connectivity index is 1.92. The minimum absolute atomic E-state index is 0.450. The molecule has 1 aromatic heterocycles. The van der Waals surface area contributed by atoms with Gasteiger partial charge in [-0.25, -0.2) is 0 Å². The lowest BCUT2D eigenvalue weighted by molar-refractivity contribution is 0.345. The Hall–Kier alpha value is -0.900. The minimum Gasteiger partial charge on any atom is -0.339 e. The smallest absolute Gasteiger partial charge is 0.228 e. The molecule has 0 aromatic carbocycles. The van der Waals surface area contributed by atoms with Crippen LogP contribution in [0.3, 0.4) is 0 Å². The van der Waals surface area contributed by atoms with Gasteiger partial charge in [-0.1, -0.05) is 50.6 Å². The molecule has 2 rings (SSSR count). The minimum atomic E-state index is 0.450. The van der Waals surface area contributed by atoms with E-state index < -0.39 is 0 Å². The molecule has 1 saturated carbocycles. The molecule has 0 amide bonds. The molecule has 0 radical (unpaired) electrons. The fourth-order valence-electron chi connectivity index (χ4n) is 3.14. The summed E-state index contributed by atoms with van der Waals surface area (Å²) >= 11 is 0. The van der Waals surface area contributed by atoms with Crippen LogP contribution in [0.5, 0.6) is 0 Å². The van der Waals surface area contributed by atoms with Gasteiger partial charge in [0.2, 0.25) is 5.89 Å². The molecule has 1 atom stereocenters. The molecule has 0 bridgehead atoms. The van der Waals surface area contributed by atoms with E-state index in [2.05, 4.69) is 22.4 Å². The molecule has 1 aliphatic carbocycles. The zero-order chi connectivity index (χ0) is 14.2. The van der Waals surface area contributed by atoms with Crippen LogP contribution in [0.15, 0.2) is 4.52 Å². The summed E-state index contributed by atoms with van der Waals surface area (Å²) in [6.45, 7) is 2.21. The fraction of sp³-hybridized carbons (Fsp3) is 0.875. The van der Waals surface area contributed by atoms with E-state index in [4.69, 9.17) is 4.52 Å². The maximum Gasteiger partial charge on any atom is 0.228 e. The summed E-state index contributed by atoms with van der Waals surface area (Å²) in [4.78, 5) is 4.66. The lowest BCUT2D eigenvalue weighted by Crippen LogP contribution is -2.27. The molecule has 114 valence electrons. The van der Waals surface area contributed by atoms with Crippen LogP contribution in [0.25, 0.3) is 0 Å². The number of likely N-dealkylation sites (N-methyl/N-ethyl adjacent to an activating group) is 1. The first-order valence-corrected chi connectivity index (χ1v) is 8.33. The quantitative estimate of drug-likeness (QED) is 0.860. The second kappa shape index (κ2) is 8.40. The van der Waals surface area contributed by atoms with Gasteiger partial charge in [-0.2, -0.15) is 4.98 Å². The normalized spacial score (nSPS) is 19.5.